The summed E-state index contributed by atoms with van der Waals surface area (Å²) in [5, 5.41) is 9.48. The van der Waals surface area contributed by atoms with Gasteiger partial charge in [-0.3, -0.25) is 0 Å². The summed E-state index contributed by atoms with van der Waals surface area (Å²) >= 11 is 3.49. The lowest BCUT2D eigenvalue weighted by molar-refractivity contribution is 0.111. The molecule has 16 heavy (non-hydrogen) atoms. The first-order valence-electron chi connectivity index (χ1n) is 5.59. The van der Waals surface area contributed by atoms with Gasteiger partial charge in [0.2, 0.25) is 0 Å². The van der Waals surface area contributed by atoms with Gasteiger partial charge in [-0.1, -0.05) is 12.7 Å². The second kappa shape index (κ2) is 4.63. The summed E-state index contributed by atoms with van der Waals surface area (Å²) in [6, 6.07) is 0.411. The van der Waals surface area contributed by atoms with E-state index < -0.39 is 0 Å². The molecule has 1 aromatic rings. The van der Waals surface area contributed by atoms with Crippen LogP contribution in [0, 0.1) is 0 Å². The zero-order chi connectivity index (χ0) is 11.7. The van der Waals surface area contributed by atoms with E-state index in [0.29, 0.717) is 6.04 Å². The van der Waals surface area contributed by atoms with E-state index in [9.17, 15) is 5.11 Å². The highest BCUT2D eigenvalue weighted by Crippen LogP contribution is 2.35. The molecular formula is C12H17BrN2O. The maximum atomic E-state index is 9.48. The highest BCUT2D eigenvalue weighted by atomic mass is 79.9. The first-order chi connectivity index (χ1) is 7.63. The van der Waals surface area contributed by atoms with Gasteiger partial charge in [-0.25, -0.2) is 0 Å². The van der Waals surface area contributed by atoms with Gasteiger partial charge in [0, 0.05) is 22.3 Å². The smallest absolute Gasteiger partial charge is 0.112 e. The van der Waals surface area contributed by atoms with Gasteiger partial charge in [0.1, 0.15) is 5.82 Å². The van der Waals surface area contributed by atoms with Crippen molar-refractivity contribution in [2.75, 3.05) is 5.73 Å². The third-order valence-electron chi connectivity index (χ3n) is 3.33. The number of aliphatic hydroxyl groups is 1. The van der Waals surface area contributed by atoms with Gasteiger partial charge in [0.05, 0.1) is 6.10 Å². The molecule has 3 nitrogen and oxygen atoms in total. The van der Waals surface area contributed by atoms with Gasteiger partial charge in [0.25, 0.3) is 0 Å². The molecular weight excluding hydrogens is 268 g/mol. The second-order valence-corrected chi connectivity index (χ2v) is 5.20. The number of halogens is 1. The van der Waals surface area contributed by atoms with Crippen LogP contribution in [0.15, 0.2) is 17.2 Å². The normalized spacial score (nSPS) is 25.6. The lowest BCUT2D eigenvalue weighted by Crippen LogP contribution is -2.21. The average molecular weight is 285 g/mol. The number of hydrogen-bond acceptors (Lipinski definition) is 2. The van der Waals surface area contributed by atoms with Gasteiger partial charge in [-0.05, 0) is 41.6 Å². The van der Waals surface area contributed by atoms with Crippen LogP contribution < -0.4 is 5.73 Å². The Hall–Kier alpha value is -0.740. The van der Waals surface area contributed by atoms with E-state index in [1.165, 1.54) is 0 Å². The van der Waals surface area contributed by atoms with Crippen LogP contribution in [0.3, 0.4) is 0 Å². The molecule has 1 aliphatic carbocycles. The number of aromatic nitrogens is 1. The summed E-state index contributed by atoms with van der Waals surface area (Å²) in [6.45, 7) is 3.76. The first kappa shape index (κ1) is 11.7. The van der Waals surface area contributed by atoms with Crippen molar-refractivity contribution in [2.24, 2.45) is 0 Å². The summed E-state index contributed by atoms with van der Waals surface area (Å²) in [5.74, 6) is 0.767. The van der Waals surface area contributed by atoms with Crippen LogP contribution in [0.1, 0.15) is 37.3 Å². The summed E-state index contributed by atoms with van der Waals surface area (Å²) in [4.78, 5) is 0. The highest BCUT2D eigenvalue weighted by Gasteiger charge is 2.23. The molecule has 0 saturated heterocycles. The Labute approximate surface area is 104 Å². The number of nitrogen functional groups attached to an aromatic ring is 1. The van der Waals surface area contributed by atoms with Gasteiger partial charge >= 0.3 is 0 Å². The summed E-state index contributed by atoms with van der Waals surface area (Å²) in [6.07, 6.45) is 7.37. The van der Waals surface area contributed by atoms with Crippen LogP contribution in [0.25, 0.3) is 6.08 Å². The van der Waals surface area contributed by atoms with Gasteiger partial charge in [0.15, 0.2) is 0 Å². The monoisotopic (exact) mass is 284 g/mol. The standard InChI is InChI=1S/C12H17BrN2O/c1-2-10-11(13)7-15(12(10)14)8-3-5-9(16)6-4-8/h2,7-9,16H,1,3-6,14H2. The number of nitrogens with two attached hydrogens (primary N) is 1. The van der Waals surface area contributed by atoms with Crippen LogP contribution in [0.2, 0.25) is 0 Å². The summed E-state index contributed by atoms with van der Waals surface area (Å²) in [7, 11) is 0. The Morgan fingerprint density at radius 1 is 1.44 bits per heavy atom. The Bertz CT molecular complexity index is 392. The maximum absolute atomic E-state index is 9.48. The molecule has 0 atom stereocenters. The predicted molar refractivity (Wildman–Crippen MR) is 70.1 cm³/mol. The molecule has 4 heteroatoms. The molecule has 0 aromatic carbocycles. The summed E-state index contributed by atoms with van der Waals surface area (Å²) < 4.78 is 3.10. The Morgan fingerprint density at radius 2 is 2.06 bits per heavy atom. The minimum Gasteiger partial charge on any atom is -0.393 e. The van der Waals surface area contributed by atoms with Crippen molar-refractivity contribution >= 4 is 27.8 Å². The van der Waals surface area contributed by atoms with Crippen LogP contribution >= 0.6 is 15.9 Å². The molecule has 2 rings (SSSR count). The first-order valence-corrected chi connectivity index (χ1v) is 6.39. The molecule has 0 spiro atoms. The van der Waals surface area contributed by atoms with Crippen LogP contribution in [0.5, 0.6) is 0 Å². The van der Waals surface area contributed by atoms with Crippen molar-refractivity contribution < 1.29 is 5.11 Å². The van der Waals surface area contributed by atoms with E-state index in [2.05, 4.69) is 27.1 Å². The van der Waals surface area contributed by atoms with Crippen molar-refractivity contribution in [1.82, 2.24) is 4.57 Å². The third kappa shape index (κ3) is 2.04. The fourth-order valence-electron chi connectivity index (χ4n) is 2.36. The van der Waals surface area contributed by atoms with Gasteiger partial charge in [-0.15, -0.1) is 0 Å². The van der Waals surface area contributed by atoms with Crippen LogP contribution in [0.4, 0.5) is 5.82 Å². The molecule has 1 aromatic heterocycles. The van der Waals surface area contributed by atoms with E-state index in [4.69, 9.17) is 5.73 Å². The lowest BCUT2D eigenvalue weighted by Gasteiger charge is -2.27. The third-order valence-corrected chi connectivity index (χ3v) is 3.96. The van der Waals surface area contributed by atoms with Crippen molar-refractivity contribution in [1.29, 1.82) is 0 Å². The largest absolute Gasteiger partial charge is 0.393 e. The Kier molecular flexibility index (Phi) is 3.40. The van der Waals surface area contributed by atoms with Crippen LogP contribution in [-0.2, 0) is 0 Å². The molecule has 3 N–H and O–H groups in total. The van der Waals surface area contributed by atoms with Crippen LogP contribution in [-0.4, -0.2) is 15.8 Å². The molecule has 0 amide bonds. The number of rotatable bonds is 2. The second-order valence-electron chi connectivity index (χ2n) is 4.35. The van der Waals surface area contributed by atoms with E-state index in [1.807, 2.05) is 6.20 Å². The molecule has 88 valence electrons. The van der Waals surface area contributed by atoms with Crippen molar-refractivity contribution in [3.05, 3.63) is 22.8 Å². The van der Waals surface area contributed by atoms with E-state index >= 15 is 0 Å². The molecule has 1 heterocycles. The molecule has 1 aliphatic rings. The van der Waals surface area contributed by atoms with Crippen molar-refractivity contribution in [3.8, 4) is 0 Å². The zero-order valence-corrected chi connectivity index (χ0v) is 10.8. The SMILES string of the molecule is C=Cc1c(Br)cn(C2CCC(O)CC2)c1N. The Morgan fingerprint density at radius 3 is 2.56 bits per heavy atom. The van der Waals surface area contributed by atoms with Crippen molar-refractivity contribution in [3.63, 3.8) is 0 Å². The van der Waals surface area contributed by atoms with E-state index in [-0.39, 0.29) is 6.10 Å². The van der Waals surface area contributed by atoms with Gasteiger partial charge < -0.3 is 15.4 Å². The fourth-order valence-corrected chi connectivity index (χ4v) is 2.95. The lowest BCUT2D eigenvalue weighted by atomic mass is 9.93. The minimum atomic E-state index is -0.129. The molecule has 1 saturated carbocycles. The molecule has 1 fully saturated rings. The summed E-state index contributed by atoms with van der Waals surface area (Å²) in [5.41, 5.74) is 7.04. The number of nitrogens with zero attached hydrogens (tertiary/aromatic N) is 1. The minimum absolute atomic E-state index is 0.129. The fraction of sp³-hybridized carbons (Fsp3) is 0.500. The number of hydrogen-bond donors (Lipinski definition) is 2. The van der Waals surface area contributed by atoms with Crippen molar-refractivity contribution in [2.45, 2.75) is 37.8 Å². The quantitative estimate of drug-likeness (QED) is 0.877. The predicted octanol–water partition coefficient (Wildman–Crippen LogP) is 2.95. The topological polar surface area (TPSA) is 51.2 Å². The highest BCUT2D eigenvalue weighted by molar-refractivity contribution is 9.10. The molecule has 0 bridgehead atoms. The number of anilines is 1. The molecule has 0 aliphatic heterocycles. The van der Waals surface area contributed by atoms with E-state index in [1.54, 1.807) is 6.08 Å². The Balaban J connectivity index is 2.24. The number of aliphatic hydroxyl groups excluding tert-OH is 1. The molecule has 0 radical (unpaired) electrons. The molecule has 0 unspecified atom stereocenters. The zero-order valence-electron chi connectivity index (χ0n) is 9.19. The average Bonchev–Trinajstić information content (AvgIpc) is 2.55. The maximum Gasteiger partial charge on any atom is 0.112 e. The van der Waals surface area contributed by atoms with Gasteiger partial charge in [-0.2, -0.15) is 0 Å². The van der Waals surface area contributed by atoms with E-state index in [0.717, 1.165) is 41.5 Å².